The predicted molar refractivity (Wildman–Crippen MR) is 69.6 cm³/mol. The first-order chi connectivity index (χ1) is 8.02. The number of nitrogens with zero attached hydrogens (tertiary/aromatic N) is 2. The molecule has 2 rings (SSSR count). The number of nitriles is 1. The lowest BCUT2D eigenvalue weighted by Gasteiger charge is -2.31. The molecule has 0 aliphatic carbocycles. The van der Waals surface area contributed by atoms with Crippen molar-refractivity contribution in [2.75, 3.05) is 13.1 Å². The quantitative estimate of drug-likeness (QED) is 0.738. The number of likely N-dealkylation sites (tertiary alicyclic amines) is 1. The summed E-state index contributed by atoms with van der Waals surface area (Å²) in [5.41, 5.74) is 1.45. The Kier molecular flexibility index (Phi) is 3.22. The van der Waals surface area contributed by atoms with Gasteiger partial charge in [-0.05, 0) is 26.3 Å². The summed E-state index contributed by atoms with van der Waals surface area (Å²) in [4.78, 5) is 2.42. The van der Waals surface area contributed by atoms with Crippen molar-refractivity contribution < 1.29 is 0 Å². The van der Waals surface area contributed by atoms with E-state index in [1.807, 2.05) is 6.07 Å². The standard InChI is InChI=1S/C15H20N2/c1-15(2,3)17-10-13(9-16)14(11-17)12-7-5-4-6-8-12/h4-8,13-14H,10-11H2,1-3H3/t13-,14+/m0/s1. The molecule has 17 heavy (non-hydrogen) atoms. The second-order valence-electron chi connectivity index (χ2n) is 5.83. The summed E-state index contributed by atoms with van der Waals surface area (Å²) in [6.45, 7) is 8.53. The van der Waals surface area contributed by atoms with Crippen molar-refractivity contribution in [2.24, 2.45) is 5.92 Å². The minimum absolute atomic E-state index is 0.122. The van der Waals surface area contributed by atoms with E-state index in [1.54, 1.807) is 0 Å². The number of rotatable bonds is 1. The fraction of sp³-hybridized carbons (Fsp3) is 0.533. The van der Waals surface area contributed by atoms with E-state index in [0.29, 0.717) is 5.92 Å². The van der Waals surface area contributed by atoms with E-state index < -0.39 is 0 Å². The van der Waals surface area contributed by atoms with Crippen LogP contribution in [0.3, 0.4) is 0 Å². The highest BCUT2D eigenvalue weighted by atomic mass is 15.2. The Balaban J connectivity index is 2.22. The Morgan fingerprint density at radius 3 is 2.35 bits per heavy atom. The van der Waals surface area contributed by atoms with Gasteiger partial charge in [0, 0.05) is 24.5 Å². The van der Waals surface area contributed by atoms with Crippen molar-refractivity contribution in [3.05, 3.63) is 35.9 Å². The molecule has 1 aliphatic rings. The van der Waals surface area contributed by atoms with Crippen LogP contribution >= 0.6 is 0 Å². The normalized spacial score (nSPS) is 25.8. The van der Waals surface area contributed by atoms with Gasteiger partial charge in [0.05, 0.1) is 12.0 Å². The van der Waals surface area contributed by atoms with Crippen LogP contribution in [0.5, 0.6) is 0 Å². The topological polar surface area (TPSA) is 27.0 Å². The third-order valence-corrected chi connectivity index (χ3v) is 3.66. The van der Waals surface area contributed by atoms with Crippen LogP contribution in [0, 0.1) is 17.2 Å². The molecule has 1 fully saturated rings. The Labute approximate surface area is 104 Å². The van der Waals surface area contributed by atoms with E-state index in [9.17, 15) is 5.26 Å². The van der Waals surface area contributed by atoms with E-state index in [-0.39, 0.29) is 11.5 Å². The molecular weight excluding hydrogens is 208 g/mol. The Morgan fingerprint density at radius 2 is 1.82 bits per heavy atom. The maximum absolute atomic E-state index is 9.30. The van der Waals surface area contributed by atoms with Crippen LogP contribution in [0.4, 0.5) is 0 Å². The summed E-state index contributed by atoms with van der Waals surface area (Å²) in [6, 6.07) is 12.9. The van der Waals surface area contributed by atoms with Crippen molar-refractivity contribution in [3.8, 4) is 6.07 Å². The third kappa shape index (κ3) is 2.50. The van der Waals surface area contributed by atoms with Gasteiger partial charge in [-0.2, -0.15) is 5.26 Å². The zero-order valence-electron chi connectivity index (χ0n) is 10.9. The molecule has 0 aromatic heterocycles. The molecular formula is C15H20N2. The predicted octanol–water partition coefficient (Wildman–Crippen LogP) is 3.02. The van der Waals surface area contributed by atoms with Gasteiger partial charge in [0.15, 0.2) is 0 Å². The molecule has 0 spiro atoms. The minimum Gasteiger partial charge on any atom is -0.297 e. The van der Waals surface area contributed by atoms with Crippen molar-refractivity contribution in [1.82, 2.24) is 4.90 Å². The maximum atomic E-state index is 9.30. The van der Waals surface area contributed by atoms with E-state index in [1.165, 1.54) is 5.56 Å². The van der Waals surface area contributed by atoms with E-state index >= 15 is 0 Å². The van der Waals surface area contributed by atoms with Crippen molar-refractivity contribution in [2.45, 2.75) is 32.2 Å². The maximum Gasteiger partial charge on any atom is 0.0676 e. The van der Waals surface area contributed by atoms with E-state index in [4.69, 9.17) is 0 Å². The highest BCUT2D eigenvalue weighted by molar-refractivity contribution is 5.25. The average Bonchev–Trinajstić information content (AvgIpc) is 2.73. The van der Waals surface area contributed by atoms with Gasteiger partial charge in [-0.1, -0.05) is 30.3 Å². The number of hydrogen-bond acceptors (Lipinski definition) is 2. The van der Waals surface area contributed by atoms with Gasteiger partial charge >= 0.3 is 0 Å². The SMILES string of the molecule is CC(C)(C)N1C[C@H](c2ccccc2)[C@@H](C#N)C1. The summed E-state index contributed by atoms with van der Waals surface area (Å²) < 4.78 is 0. The van der Waals surface area contributed by atoms with Crippen molar-refractivity contribution >= 4 is 0 Å². The fourth-order valence-electron chi connectivity index (χ4n) is 2.52. The molecule has 90 valence electrons. The zero-order valence-corrected chi connectivity index (χ0v) is 10.9. The summed E-state index contributed by atoms with van der Waals surface area (Å²) in [6.07, 6.45) is 0. The molecule has 0 amide bonds. The third-order valence-electron chi connectivity index (χ3n) is 3.66. The molecule has 1 aromatic carbocycles. The fourth-order valence-corrected chi connectivity index (χ4v) is 2.52. The van der Waals surface area contributed by atoms with Gasteiger partial charge in [-0.15, -0.1) is 0 Å². The second-order valence-corrected chi connectivity index (χ2v) is 5.83. The zero-order chi connectivity index (χ0) is 12.5. The van der Waals surface area contributed by atoms with Gasteiger partial charge < -0.3 is 0 Å². The summed E-state index contributed by atoms with van der Waals surface area (Å²) in [5, 5.41) is 9.30. The smallest absolute Gasteiger partial charge is 0.0676 e. The molecule has 2 atom stereocenters. The first-order valence-corrected chi connectivity index (χ1v) is 6.22. The van der Waals surface area contributed by atoms with Crippen LogP contribution in [0.2, 0.25) is 0 Å². The van der Waals surface area contributed by atoms with Crippen molar-refractivity contribution in [1.29, 1.82) is 5.26 Å². The van der Waals surface area contributed by atoms with Gasteiger partial charge in [-0.25, -0.2) is 0 Å². The van der Waals surface area contributed by atoms with Gasteiger partial charge in [0.2, 0.25) is 0 Å². The highest BCUT2D eigenvalue weighted by Crippen LogP contribution is 2.35. The number of benzene rings is 1. The Bertz CT molecular complexity index is 411. The molecule has 0 bridgehead atoms. The molecule has 1 aliphatic heterocycles. The van der Waals surface area contributed by atoms with Crippen LogP contribution in [-0.2, 0) is 0 Å². The minimum atomic E-state index is 0.122. The summed E-state index contributed by atoms with van der Waals surface area (Å²) >= 11 is 0. The lowest BCUT2D eigenvalue weighted by atomic mass is 9.90. The molecule has 1 aromatic rings. The van der Waals surface area contributed by atoms with Gasteiger partial charge in [0.25, 0.3) is 0 Å². The number of hydrogen-bond donors (Lipinski definition) is 0. The largest absolute Gasteiger partial charge is 0.297 e. The molecule has 0 unspecified atom stereocenters. The molecule has 0 radical (unpaired) electrons. The van der Waals surface area contributed by atoms with Crippen molar-refractivity contribution in [3.63, 3.8) is 0 Å². The molecule has 1 saturated heterocycles. The average molecular weight is 228 g/mol. The molecule has 0 saturated carbocycles. The van der Waals surface area contributed by atoms with Crippen LogP contribution in [0.1, 0.15) is 32.3 Å². The molecule has 2 nitrogen and oxygen atoms in total. The highest BCUT2D eigenvalue weighted by Gasteiger charge is 2.38. The monoisotopic (exact) mass is 228 g/mol. The van der Waals surface area contributed by atoms with Crippen LogP contribution in [-0.4, -0.2) is 23.5 Å². The van der Waals surface area contributed by atoms with E-state index in [0.717, 1.165) is 13.1 Å². The summed E-state index contributed by atoms with van der Waals surface area (Å²) in [7, 11) is 0. The van der Waals surface area contributed by atoms with Gasteiger partial charge in [0.1, 0.15) is 0 Å². The van der Waals surface area contributed by atoms with Crippen LogP contribution in [0.25, 0.3) is 0 Å². The first kappa shape index (κ1) is 12.1. The first-order valence-electron chi connectivity index (χ1n) is 6.22. The Morgan fingerprint density at radius 1 is 1.18 bits per heavy atom. The summed E-state index contributed by atoms with van der Waals surface area (Å²) in [5.74, 6) is 0.483. The van der Waals surface area contributed by atoms with Gasteiger partial charge in [-0.3, -0.25) is 4.90 Å². The van der Waals surface area contributed by atoms with Crippen LogP contribution < -0.4 is 0 Å². The second kappa shape index (κ2) is 4.50. The lowest BCUT2D eigenvalue weighted by molar-refractivity contribution is 0.170. The van der Waals surface area contributed by atoms with E-state index in [2.05, 4.69) is 56.0 Å². The molecule has 1 heterocycles. The molecule has 0 N–H and O–H groups in total. The lowest BCUT2D eigenvalue weighted by Crippen LogP contribution is -2.39. The Hall–Kier alpha value is -1.33. The van der Waals surface area contributed by atoms with Crippen LogP contribution in [0.15, 0.2) is 30.3 Å². The molecule has 2 heteroatoms.